The summed E-state index contributed by atoms with van der Waals surface area (Å²) < 4.78 is 60.4. The Morgan fingerprint density at radius 2 is 1.63 bits per heavy atom. The highest BCUT2D eigenvalue weighted by atomic mass is 32.2. The van der Waals surface area contributed by atoms with E-state index < -0.39 is 86.8 Å². The molecule has 2 saturated carbocycles. The molecule has 0 unspecified atom stereocenters. The van der Waals surface area contributed by atoms with Crippen LogP contribution in [-0.4, -0.2) is 89.8 Å². The van der Waals surface area contributed by atoms with E-state index in [0.29, 0.717) is 24.2 Å². The lowest BCUT2D eigenvalue weighted by Gasteiger charge is -2.35. The second-order valence-electron chi connectivity index (χ2n) is 15.4. The number of hydrogen-bond donors (Lipinski definition) is 3. The number of alkyl halides is 2. The Morgan fingerprint density at radius 3 is 2.15 bits per heavy atom. The summed E-state index contributed by atoms with van der Waals surface area (Å²) in [6.45, 7) is 6.55. The zero-order valence-corrected chi connectivity index (χ0v) is 30.8. The highest BCUT2D eigenvalue weighted by Crippen LogP contribution is 2.48. The molecule has 54 heavy (non-hydrogen) atoms. The zero-order valence-electron chi connectivity index (χ0n) is 30.0. The number of nitrogens with one attached hydrogen (secondary N) is 3. The number of nitrogens with zero attached hydrogens (tertiary/aromatic N) is 3. The number of oxime groups is 1. The van der Waals surface area contributed by atoms with Crippen LogP contribution in [0.15, 0.2) is 64.3 Å². The maximum absolute atomic E-state index is 14.5. The van der Waals surface area contributed by atoms with Crippen molar-refractivity contribution in [3.8, 4) is 11.1 Å². The number of aryl methyl sites for hydroxylation is 1. The number of carbonyl (C=O) groups excluding carboxylic acids is 4. The Hall–Kier alpha value is -5.19. The van der Waals surface area contributed by atoms with E-state index in [-0.39, 0.29) is 18.7 Å². The summed E-state index contributed by atoms with van der Waals surface area (Å²) >= 11 is 0. The number of likely N-dealkylation sites (tertiary alicyclic amines) is 1. The summed E-state index contributed by atoms with van der Waals surface area (Å²) in [5.74, 6) is -5.45. The van der Waals surface area contributed by atoms with Gasteiger partial charge in [-0.05, 0) is 42.7 Å². The van der Waals surface area contributed by atoms with Gasteiger partial charge in [-0.15, -0.1) is 0 Å². The van der Waals surface area contributed by atoms with Gasteiger partial charge in [0.25, 0.3) is 11.8 Å². The Labute approximate surface area is 310 Å². The summed E-state index contributed by atoms with van der Waals surface area (Å²) in [5, 5.41) is 12.5. The van der Waals surface area contributed by atoms with Gasteiger partial charge in [-0.2, -0.15) is 0 Å². The lowest BCUT2D eigenvalue weighted by Crippen LogP contribution is -2.60. The van der Waals surface area contributed by atoms with Gasteiger partial charge in [0.1, 0.15) is 29.4 Å². The van der Waals surface area contributed by atoms with Crippen molar-refractivity contribution < 1.29 is 45.7 Å². The molecule has 0 radical (unpaired) electrons. The molecule has 17 heteroatoms. The van der Waals surface area contributed by atoms with Crippen molar-refractivity contribution in [1.82, 2.24) is 25.4 Å². The van der Waals surface area contributed by atoms with E-state index in [2.05, 4.69) is 20.9 Å². The van der Waals surface area contributed by atoms with Crippen molar-refractivity contribution in [2.75, 3.05) is 6.54 Å². The van der Waals surface area contributed by atoms with Gasteiger partial charge in [-0.1, -0.05) is 79.6 Å². The van der Waals surface area contributed by atoms with Crippen LogP contribution >= 0.6 is 0 Å². The molecular weight excluding hydrogens is 727 g/mol. The molecule has 14 nitrogen and oxygen atoms in total. The van der Waals surface area contributed by atoms with Gasteiger partial charge >= 0.3 is 0 Å². The molecule has 1 aliphatic heterocycles. The van der Waals surface area contributed by atoms with E-state index in [4.69, 9.17) is 9.36 Å². The largest absolute Gasteiger partial charge is 0.390 e. The Kier molecular flexibility index (Phi) is 9.34. The number of rotatable bonds is 11. The average molecular weight is 767 g/mol. The molecular formula is C37H40F2N6O8S. The minimum absolute atomic E-state index is 0.139. The van der Waals surface area contributed by atoms with Gasteiger partial charge in [-0.3, -0.25) is 23.9 Å². The SMILES string of the molecule is Cc1cc(C(=O)N[C@H](C(=O)N2C[C@H](ON=C3c4ccccc4-c4ccccc43)C[C@H]2C(=O)N[C@@]2(C(=O)NS(=O)(=O)C3CC3)C[C@H]2C(F)F)C(C)(C)C)on1. The standard InChI is InChI=1S/C37H40F2N6O8S/c1-19-15-28(53-42-19)33(47)40-30(36(2,3)4)34(48)45-18-20(52-43-29-24-11-7-5-9-22(24)23-10-6-8-12-25(23)29)16-27(45)32(46)41-37(17-26(37)31(38)39)35(49)44-54(50,51)21-13-14-21/h5-12,15,20-21,26-27,30-31H,13-14,16-18H2,1-4H3,(H,40,47)(H,41,46)(H,44,49)/t20-,26+,27+,30-,37+/m1/s1. The molecule has 0 bridgehead atoms. The van der Waals surface area contributed by atoms with Crippen molar-refractivity contribution in [1.29, 1.82) is 0 Å². The van der Waals surface area contributed by atoms with Crippen LogP contribution in [0.5, 0.6) is 0 Å². The predicted molar refractivity (Wildman–Crippen MR) is 190 cm³/mol. The second-order valence-corrected chi connectivity index (χ2v) is 17.3. The highest BCUT2D eigenvalue weighted by Gasteiger charge is 2.67. The summed E-state index contributed by atoms with van der Waals surface area (Å²) in [7, 11) is -4.13. The van der Waals surface area contributed by atoms with Gasteiger partial charge in [0.2, 0.25) is 34.0 Å². The Morgan fingerprint density at radius 1 is 1.02 bits per heavy atom. The number of benzene rings is 2. The first-order valence-electron chi connectivity index (χ1n) is 17.6. The lowest BCUT2D eigenvalue weighted by atomic mass is 9.85. The molecule has 3 N–H and O–H groups in total. The van der Waals surface area contributed by atoms with Gasteiger partial charge in [-0.25, -0.2) is 17.2 Å². The number of fused-ring (bicyclic) bond motifs is 3. The first kappa shape index (κ1) is 37.1. The molecule has 5 atom stereocenters. The van der Waals surface area contributed by atoms with E-state index in [1.807, 2.05) is 53.3 Å². The zero-order chi connectivity index (χ0) is 38.7. The first-order valence-corrected chi connectivity index (χ1v) is 19.2. The Bertz CT molecular complexity index is 2120. The second kappa shape index (κ2) is 13.6. The third kappa shape index (κ3) is 6.96. The van der Waals surface area contributed by atoms with Crippen LogP contribution in [0.25, 0.3) is 11.1 Å². The first-order chi connectivity index (χ1) is 25.5. The quantitative estimate of drug-likeness (QED) is 0.193. The van der Waals surface area contributed by atoms with Crippen molar-refractivity contribution in [3.63, 3.8) is 0 Å². The summed E-state index contributed by atoms with van der Waals surface area (Å²) in [6, 6.07) is 14.0. The van der Waals surface area contributed by atoms with Gasteiger partial charge in [0.15, 0.2) is 0 Å². The molecule has 0 spiro atoms. The van der Waals surface area contributed by atoms with E-state index in [9.17, 15) is 36.4 Å². The molecule has 2 aromatic carbocycles. The molecule has 3 aliphatic carbocycles. The fourth-order valence-corrected chi connectivity index (χ4v) is 8.48. The Balaban J connectivity index is 1.18. The molecule has 7 rings (SSSR count). The predicted octanol–water partition coefficient (Wildman–Crippen LogP) is 3.30. The van der Waals surface area contributed by atoms with E-state index in [0.717, 1.165) is 22.3 Å². The van der Waals surface area contributed by atoms with Gasteiger partial charge in [0.05, 0.1) is 23.4 Å². The van der Waals surface area contributed by atoms with Crippen LogP contribution in [0.2, 0.25) is 0 Å². The number of halogens is 2. The smallest absolute Gasteiger partial charge is 0.290 e. The molecule has 4 aliphatic rings. The summed E-state index contributed by atoms with van der Waals surface area (Å²) in [5.41, 5.74) is 1.37. The van der Waals surface area contributed by atoms with Gasteiger partial charge in [0, 0.05) is 23.6 Å². The number of amides is 4. The third-order valence-corrected chi connectivity index (χ3v) is 12.1. The number of hydrogen-bond acceptors (Lipinski definition) is 10. The molecule has 2 heterocycles. The molecule has 1 aromatic heterocycles. The molecule has 286 valence electrons. The fraction of sp³-hybridized carbons (Fsp3) is 0.459. The maximum Gasteiger partial charge on any atom is 0.290 e. The van der Waals surface area contributed by atoms with Crippen molar-refractivity contribution in [2.24, 2.45) is 16.5 Å². The summed E-state index contributed by atoms with van der Waals surface area (Å²) in [6.07, 6.45) is -3.97. The average Bonchev–Trinajstić information content (AvgIpc) is 3.99. The van der Waals surface area contributed by atoms with Crippen LogP contribution in [0.4, 0.5) is 8.78 Å². The molecule has 1 saturated heterocycles. The lowest BCUT2D eigenvalue weighted by molar-refractivity contribution is -0.143. The third-order valence-electron chi connectivity index (χ3n) is 10.3. The topological polar surface area (TPSA) is 189 Å². The van der Waals surface area contributed by atoms with Gasteiger partial charge < -0.3 is 24.9 Å². The minimum atomic E-state index is -4.13. The maximum atomic E-state index is 14.5. The number of carbonyl (C=O) groups is 4. The normalized spacial score (nSPS) is 23.6. The molecule has 3 fully saturated rings. The monoisotopic (exact) mass is 766 g/mol. The number of aromatic nitrogens is 1. The van der Waals surface area contributed by atoms with Crippen LogP contribution in [0, 0.1) is 18.3 Å². The fourth-order valence-electron chi connectivity index (χ4n) is 7.11. The summed E-state index contributed by atoms with van der Waals surface area (Å²) in [4.78, 5) is 62.4. The number of sulfonamides is 1. The van der Waals surface area contributed by atoms with E-state index >= 15 is 0 Å². The van der Waals surface area contributed by atoms with Crippen LogP contribution in [0.3, 0.4) is 0 Å². The van der Waals surface area contributed by atoms with Crippen LogP contribution < -0.4 is 15.4 Å². The van der Waals surface area contributed by atoms with Crippen molar-refractivity contribution in [2.45, 2.75) is 88.8 Å². The highest BCUT2D eigenvalue weighted by molar-refractivity contribution is 7.91. The van der Waals surface area contributed by atoms with Crippen LogP contribution in [0.1, 0.15) is 73.8 Å². The van der Waals surface area contributed by atoms with Crippen molar-refractivity contribution in [3.05, 3.63) is 77.2 Å². The van der Waals surface area contributed by atoms with Crippen LogP contribution in [-0.2, 0) is 29.2 Å². The van der Waals surface area contributed by atoms with E-state index in [1.54, 1.807) is 27.7 Å². The molecule has 3 aromatic rings. The van der Waals surface area contributed by atoms with Crippen molar-refractivity contribution >= 4 is 39.4 Å². The molecule has 4 amide bonds. The van der Waals surface area contributed by atoms with E-state index in [1.165, 1.54) is 11.0 Å². The minimum Gasteiger partial charge on any atom is -0.390 e.